The summed E-state index contributed by atoms with van der Waals surface area (Å²) in [7, 11) is 0.0837. The molecule has 152 valence electrons. The third-order valence-electron chi connectivity index (χ3n) is 4.83. The molecule has 1 aliphatic rings. The van der Waals surface area contributed by atoms with Crippen LogP contribution in [0.4, 0.5) is 5.69 Å². The Morgan fingerprint density at radius 2 is 1.75 bits per heavy atom. The standard InChI is InChI=1S/C20H25Cl2N3O2S/c1-25(2)13-20(14-6-11-18(21)19(22)12-14)24-28(26,27)17-9-7-16(8-10-17)23-15-4-3-5-15/h6-12,15,20,23-24H,3-5,13H2,1-2H3/t20-/m1/s1. The molecule has 2 aromatic rings. The molecule has 1 saturated carbocycles. The second-order valence-corrected chi connectivity index (χ2v) is 9.93. The number of benzene rings is 2. The monoisotopic (exact) mass is 441 g/mol. The fraction of sp³-hybridized carbons (Fsp3) is 0.400. The van der Waals surface area contributed by atoms with E-state index in [1.807, 2.05) is 31.1 Å². The lowest BCUT2D eigenvalue weighted by molar-refractivity contribution is 0.363. The van der Waals surface area contributed by atoms with Crippen molar-refractivity contribution in [1.82, 2.24) is 9.62 Å². The lowest BCUT2D eigenvalue weighted by atomic mass is 9.93. The molecule has 1 aliphatic carbocycles. The van der Waals surface area contributed by atoms with E-state index in [1.54, 1.807) is 30.3 Å². The van der Waals surface area contributed by atoms with Gasteiger partial charge in [0, 0.05) is 18.3 Å². The van der Waals surface area contributed by atoms with Crippen LogP contribution in [0.2, 0.25) is 10.0 Å². The summed E-state index contributed by atoms with van der Waals surface area (Å²) in [5.74, 6) is 0. The van der Waals surface area contributed by atoms with Crippen molar-refractivity contribution < 1.29 is 8.42 Å². The maximum atomic E-state index is 12.9. The predicted molar refractivity (Wildman–Crippen MR) is 116 cm³/mol. The number of halogens is 2. The predicted octanol–water partition coefficient (Wildman–Crippen LogP) is 4.54. The van der Waals surface area contributed by atoms with Crippen molar-refractivity contribution in [3.63, 3.8) is 0 Å². The minimum atomic E-state index is -3.69. The van der Waals surface area contributed by atoms with Crippen molar-refractivity contribution in [3.8, 4) is 0 Å². The quantitative estimate of drug-likeness (QED) is 0.630. The lowest BCUT2D eigenvalue weighted by Crippen LogP contribution is -2.35. The summed E-state index contributed by atoms with van der Waals surface area (Å²) in [5.41, 5.74) is 1.70. The van der Waals surface area contributed by atoms with Crippen LogP contribution in [0.1, 0.15) is 30.9 Å². The molecule has 0 heterocycles. The average Bonchev–Trinajstić information content (AvgIpc) is 2.60. The van der Waals surface area contributed by atoms with Crippen LogP contribution in [-0.2, 0) is 10.0 Å². The third-order valence-corrected chi connectivity index (χ3v) is 7.06. The Hall–Kier alpha value is -1.31. The second-order valence-electron chi connectivity index (χ2n) is 7.41. The zero-order valence-electron chi connectivity index (χ0n) is 16.0. The molecule has 0 aliphatic heterocycles. The number of nitrogens with zero attached hydrogens (tertiary/aromatic N) is 1. The van der Waals surface area contributed by atoms with E-state index in [4.69, 9.17) is 23.2 Å². The number of anilines is 1. The number of nitrogens with one attached hydrogen (secondary N) is 2. The molecule has 0 saturated heterocycles. The van der Waals surface area contributed by atoms with Gasteiger partial charge in [-0.15, -0.1) is 0 Å². The highest BCUT2D eigenvalue weighted by Crippen LogP contribution is 2.28. The van der Waals surface area contributed by atoms with Crippen LogP contribution in [-0.4, -0.2) is 40.0 Å². The molecule has 3 rings (SSSR count). The van der Waals surface area contributed by atoms with E-state index in [0.29, 0.717) is 22.6 Å². The first-order valence-electron chi connectivity index (χ1n) is 9.23. The maximum Gasteiger partial charge on any atom is 0.241 e. The highest BCUT2D eigenvalue weighted by atomic mass is 35.5. The van der Waals surface area contributed by atoms with Crippen molar-refractivity contribution >= 4 is 38.9 Å². The largest absolute Gasteiger partial charge is 0.382 e. The molecule has 0 radical (unpaired) electrons. The molecule has 0 aromatic heterocycles. The van der Waals surface area contributed by atoms with E-state index < -0.39 is 16.1 Å². The molecule has 0 unspecified atom stereocenters. The molecular formula is C20H25Cl2N3O2S. The molecule has 0 amide bonds. The zero-order valence-corrected chi connectivity index (χ0v) is 18.3. The fourth-order valence-electron chi connectivity index (χ4n) is 3.08. The Balaban J connectivity index is 1.78. The van der Waals surface area contributed by atoms with Gasteiger partial charge in [0.15, 0.2) is 0 Å². The topological polar surface area (TPSA) is 61.4 Å². The first-order chi connectivity index (χ1) is 13.2. The number of rotatable bonds is 8. The van der Waals surface area contributed by atoms with Crippen molar-refractivity contribution in [1.29, 1.82) is 0 Å². The Bertz CT molecular complexity index is 914. The van der Waals surface area contributed by atoms with Crippen LogP contribution >= 0.6 is 23.2 Å². The van der Waals surface area contributed by atoms with Crippen LogP contribution in [0.15, 0.2) is 47.4 Å². The van der Waals surface area contributed by atoms with Gasteiger partial charge in [-0.05, 0) is 75.3 Å². The summed E-state index contributed by atoms with van der Waals surface area (Å²) in [6, 6.07) is 12.1. The van der Waals surface area contributed by atoms with E-state index in [1.165, 1.54) is 6.42 Å². The van der Waals surface area contributed by atoms with Crippen LogP contribution in [0, 0.1) is 0 Å². The van der Waals surface area contributed by atoms with Gasteiger partial charge in [-0.2, -0.15) is 0 Å². The first-order valence-corrected chi connectivity index (χ1v) is 11.5. The van der Waals surface area contributed by atoms with Gasteiger partial charge in [0.1, 0.15) is 0 Å². The highest BCUT2D eigenvalue weighted by molar-refractivity contribution is 7.89. The summed E-state index contributed by atoms with van der Waals surface area (Å²) in [5, 5.41) is 4.25. The van der Waals surface area contributed by atoms with Gasteiger partial charge in [0.05, 0.1) is 21.0 Å². The highest BCUT2D eigenvalue weighted by Gasteiger charge is 2.23. The van der Waals surface area contributed by atoms with Gasteiger partial charge in [0.2, 0.25) is 10.0 Å². The van der Waals surface area contributed by atoms with Gasteiger partial charge in [-0.3, -0.25) is 0 Å². The first kappa shape index (κ1) is 21.4. The van der Waals surface area contributed by atoms with Crippen LogP contribution < -0.4 is 10.0 Å². The SMILES string of the molecule is CN(C)C[C@@H](NS(=O)(=O)c1ccc(NC2CCC2)cc1)c1ccc(Cl)c(Cl)c1. The number of sulfonamides is 1. The number of hydrogen-bond donors (Lipinski definition) is 2. The Morgan fingerprint density at radius 1 is 1.07 bits per heavy atom. The van der Waals surface area contributed by atoms with E-state index in [-0.39, 0.29) is 4.90 Å². The second kappa shape index (κ2) is 9.01. The molecule has 8 heteroatoms. The van der Waals surface area contributed by atoms with Gasteiger partial charge >= 0.3 is 0 Å². The average molecular weight is 442 g/mol. The molecule has 2 N–H and O–H groups in total. The van der Waals surface area contributed by atoms with Crippen molar-refractivity contribution in [3.05, 3.63) is 58.1 Å². The van der Waals surface area contributed by atoms with E-state index >= 15 is 0 Å². The minimum Gasteiger partial charge on any atom is -0.382 e. The summed E-state index contributed by atoms with van der Waals surface area (Å²) in [6.45, 7) is 0.485. The van der Waals surface area contributed by atoms with Gasteiger partial charge in [-0.1, -0.05) is 29.3 Å². The molecule has 1 atom stereocenters. The number of likely N-dealkylation sites (N-methyl/N-ethyl adjacent to an activating group) is 1. The smallest absolute Gasteiger partial charge is 0.241 e. The summed E-state index contributed by atoms with van der Waals surface area (Å²) >= 11 is 12.1. The fourth-order valence-corrected chi connectivity index (χ4v) is 4.60. The van der Waals surface area contributed by atoms with E-state index in [9.17, 15) is 8.42 Å². The molecular weight excluding hydrogens is 417 g/mol. The Labute approximate surface area is 177 Å². The van der Waals surface area contributed by atoms with Crippen LogP contribution in [0.25, 0.3) is 0 Å². The normalized spacial score (nSPS) is 16.0. The Kier molecular flexibility index (Phi) is 6.89. The maximum absolute atomic E-state index is 12.9. The van der Waals surface area contributed by atoms with Crippen molar-refractivity contribution in [2.45, 2.75) is 36.2 Å². The third kappa shape index (κ3) is 5.39. The molecule has 0 spiro atoms. The van der Waals surface area contributed by atoms with Crippen LogP contribution in [0.3, 0.4) is 0 Å². The molecule has 0 bridgehead atoms. The van der Waals surface area contributed by atoms with E-state index in [0.717, 1.165) is 24.1 Å². The minimum absolute atomic E-state index is 0.232. The van der Waals surface area contributed by atoms with Gasteiger partial charge in [0.25, 0.3) is 0 Å². The summed E-state index contributed by atoms with van der Waals surface area (Å²) in [4.78, 5) is 2.15. The molecule has 5 nitrogen and oxygen atoms in total. The van der Waals surface area contributed by atoms with E-state index in [2.05, 4.69) is 10.0 Å². The summed E-state index contributed by atoms with van der Waals surface area (Å²) < 4.78 is 28.7. The van der Waals surface area contributed by atoms with Crippen molar-refractivity contribution in [2.75, 3.05) is 26.0 Å². The summed E-state index contributed by atoms with van der Waals surface area (Å²) in [6.07, 6.45) is 3.57. The zero-order chi connectivity index (χ0) is 20.3. The lowest BCUT2D eigenvalue weighted by Gasteiger charge is -2.27. The molecule has 1 fully saturated rings. The van der Waals surface area contributed by atoms with Crippen LogP contribution in [0.5, 0.6) is 0 Å². The van der Waals surface area contributed by atoms with Gasteiger partial charge in [-0.25, -0.2) is 13.1 Å². The van der Waals surface area contributed by atoms with Gasteiger partial charge < -0.3 is 10.2 Å². The van der Waals surface area contributed by atoms with Crippen molar-refractivity contribution in [2.24, 2.45) is 0 Å². The number of hydrogen-bond acceptors (Lipinski definition) is 4. The molecule has 28 heavy (non-hydrogen) atoms. The Morgan fingerprint density at radius 3 is 2.29 bits per heavy atom. The molecule has 2 aromatic carbocycles.